The van der Waals surface area contributed by atoms with E-state index in [1.807, 2.05) is 47.8 Å². The largest absolute Gasteiger partial charge is 0.490 e. The minimum absolute atomic E-state index is 0.00862. The van der Waals surface area contributed by atoms with E-state index in [4.69, 9.17) is 9.47 Å². The van der Waals surface area contributed by atoms with Gasteiger partial charge in [0.05, 0.1) is 24.4 Å². The van der Waals surface area contributed by atoms with Crippen LogP contribution in [-0.4, -0.2) is 53.4 Å². The van der Waals surface area contributed by atoms with Crippen LogP contribution in [0.3, 0.4) is 0 Å². The smallest absolute Gasteiger partial charge is 0.246 e. The second-order valence-corrected chi connectivity index (χ2v) is 10.3. The molecule has 6 rings (SSSR count). The third-order valence-corrected chi connectivity index (χ3v) is 7.74. The van der Waals surface area contributed by atoms with Gasteiger partial charge in [0.15, 0.2) is 0 Å². The zero-order valence-electron chi connectivity index (χ0n) is 20.1. The summed E-state index contributed by atoms with van der Waals surface area (Å²) in [5.41, 5.74) is 4.62. The minimum Gasteiger partial charge on any atom is -0.490 e. The Morgan fingerprint density at radius 1 is 1.11 bits per heavy atom. The maximum atomic E-state index is 13.4. The summed E-state index contributed by atoms with van der Waals surface area (Å²) in [6, 6.07) is 15.8. The van der Waals surface area contributed by atoms with Gasteiger partial charge in [-0.15, -0.1) is 0 Å². The molecule has 4 heterocycles. The molecule has 1 amide bonds. The number of fused-ring (bicyclic) bond motifs is 1. The number of amides is 1. The van der Waals surface area contributed by atoms with Crippen LogP contribution in [-0.2, 0) is 9.53 Å². The minimum atomic E-state index is -0.262. The zero-order chi connectivity index (χ0) is 24.3. The van der Waals surface area contributed by atoms with Gasteiger partial charge in [0.1, 0.15) is 17.9 Å². The Bertz CT molecular complexity index is 1310. The number of thiophene rings is 1. The van der Waals surface area contributed by atoms with E-state index in [1.54, 1.807) is 11.3 Å². The van der Waals surface area contributed by atoms with Gasteiger partial charge in [0.2, 0.25) is 5.91 Å². The Morgan fingerprint density at radius 3 is 2.67 bits per heavy atom. The average Bonchev–Trinajstić information content (AvgIpc) is 3.69. The number of H-pyrrole nitrogens is 1. The molecule has 36 heavy (non-hydrogen) atoms. The monoisotopic (exact) mass is 502 g/mol. The number of hydrogen-bond acceptors (Lipinski definition) is 6. The van der Waals surface area contributed by atoms with Crippen molar-refractivity contribution in [1.29, 1.82) is 0 Å². The lowest BCUT2D eigenvalue weighted by molar-refractivity contribution is -0.121. The molecular weight excluding hydrogens is 472 g/mol. The van der Waals surface area contributed by atoms with Crippen LogP contribution in [0.25, 0.3) is 22.2 Å². The van der Waals surface area contributed by atoms with Crippen molar-refractivity contribution in [1.82, 2.24) is 15.1 Å². The number of aromatic nitrogens is 2. The molecule has 0 bridgehead atoms. The Hall–Kier alpha value is -3.20. The van der Waals surface area contributed by atoms with Gasteiger partial charge in [-0.2, -0.15) is 16.4 Å². The predicted octanol–water partition coefficient (Wildman–Crippen LogP) is 5.62. The molecule has 2 aromatic heterocycles. The van der Waals surface area contributed by atoms with Crippen LogP contribution >= 0.6 is 11.3 Å². The van der Waals surface area contributed by atoms with Crippen molar-refractivity contribution < 1.29 is 14.3 Å². The number of benzene rings is 2. The lowest BCUT2D eigenvalue weighted by Gasteiger charge is -2.26. The molecule has 2 N–H and O–H groups in total. The maximum absolute atomic E-state index is 13.4. The van der Waals surface area contributed by atoms with Gasteiger partial charge in [-0.3, -0.25) is 14.8 Å². The van der Waals surface area contributed by atoms with E-state index < -0.39 is 0 Å². The molecule has 0 saturated carbocycles. The summed E-state index contributed by atoms with van der Waals surface area (Å²) < 4.78 is 11.5. The second-order valence-electron chi connectivity index (χ2n) is 9.48. The van der Waals surface area contributed by atoms with E-state index in [0.717, 1.165) is 91.1 Å². The fourth-order valence-electron chi connectivity index (χ4n) is 5.16. The lowest BCUT2D eigenvalue weighted by Crippen LogP contribution is -2.35. The first kappa shape index (κ1) is 23.2. The van der Waals surface area contributed by atoms with Crippen molar-refractivity contribution in [2.24, 2.45) is 0 Å². The third-order valence-electron chi connectivity index (χ3n) is 7.04. The van der Waals surface area contributed by atoms with Crippen LogP contribution in [0.5, 0.6) is 5.75 Å². The number of nitrogens with one attached hydrogen (secondary N) is 2. The van der Waals surface area contributed by atoms with Crippen LogP contribution in [0, 0.1) is 0 Å². The Labute approximate surface area is 214 Å². The number of carbonyl (C=O) groups excluding carboxylic acids is 1. The SMILES string of the molecule is O=C(Nc1ccc2[nH]nc(-c3ccc(OC4CCOCC4)cc3)c2c1)C(c1ccsc1)N1CCCC1. The number of rotatable bonds is 7. The van der Waals surface area contributed by atoms with Gasteiger partial charge in [-0.25, -0.2) is 0 Å². The molecule has 2 aliphatic rings. The summed E-state index contributed by atoms with van der Waals surface area (Å²) in [5.74, 6) is 0.870. The molecule has 2 saturated heterocycles. The van der Waals surface area contributed by atoms with E-state index in [1.165, 1.54) is 0 Å². The van der Waals surface area contributed by atoms with Gasteiger partial charge >= 0.3 is 0 Å². The van der Waals surface area contributed by atoms with Gasteiger partial charge in [-0.05, 0) is 90.8 Å². The quantitative estimate of drug-likeness (QED) is 0.343. The molecule has 8 heteroatoms. The Balaban J connectivity index is 1.21. The van der Waals surface area contributed by atoms with Crippen molar-refractivity contribution in [3.63, 3.8) is 0 Å². The number of carbonyl (C=O) groups is 1. The summed E-state index contributed by atoms with van der Waals surface area (Å²) in [6.07, 6.45) is 4.32. The highest BCUT2D eigenvalue weighted by Gasteiger charge is 2.30. The Morgan fingerprint density at radius 2 is 1.92 bits per heavy atom. The fourth-order valence-corrected chi connectivity index (χ4v) is 5.84. The van der Waals surface area contributed by atoms with E-state index in [-0.39, 0.29) is 18.1 Å². The summed E-state index contributed by atoms with van der Waals surface area (Å²) in [7, 11) is 0. The van der Waals surface area contributed by atoms with Crippen molar-refractivity contribution in [2.45, 2.75) is 37.8 Å². The first-order chi connectivity index (χ1) is 17.7. The van der Waals surface area contributed by atoms with Crippen molar-refractivity contribution in [3.05, 3.63) is 64.9 Å². The second kappa shape index (κ2) is 10.4. The topological polar surface area (TPSA) is 79.5 Å². The summed E-state index contributed by atoms with van der Waals surface area (Å²) >= 11 is 1.63. The zero-order valence-corrected chi connectivity index (χ0v) is 20.9. The van der Waals surface area contributed by atoms with E-state index in [2.05, 4.69) is 31.9 Å². The molecule has 2 fully saturated rings. The number of ether oxygens (including phenoxy) is 2. The predicted molar refractivity (Wildman–Crippen MR) is 142 cm³/mol. The maximum Gasteiger partial charge on any atom is 0.246 e. The third kappa shape index (κ3) is 4.89. The van der Waals surface area contributed by atoms with Crippen molar-refractivity contribution in [3.8, 4) is 17.0 Å². The summed E-state index contributed by atoms with van der Waals surface area (Å²) in [6.45, 7) is 3.42. The molecule has 186 valence electrons. The Kier molecular flexibility index (Phi) is 6.72. The van der Waals surface area contributed by atoms with Gasteiger partial charge < -0.3 is 14.8 Å². The lowest BCUT2D eigenvalue weighted by atomic mass is 10.1. The standard InChI is InChI=1S/C28H30N4O3S/c33-28(27(20-11-16-36-18-20)32-12-1-2-13-32)29-21-5-8-25-24(17-21)26(31-30-25)19-3-6-22(7-4-19)35-23-9-14-34-15-10-23/h3-8,11,16-18,23,27H,1-2,9-10,12-15H2,(H,29,33)(H,30,31). The number of likely N-dealkylation sites (tertiary alicyclic amines) is 1. The number of anilines is 1. The first-order valence-electron chi connectivity index (χ1n) is 12.6. The molecule has 7 nitrogen and oxygen atoms in total. The molecule has 2 aliphatic heterocycles. The summed E-state index contributed by atoms with van der Waals surface area (Å²) in [4.78, 5) is 15.7. The summed E-state index contributed by atoms with van der Waals surface area (Å²) in [5, 5.41) is 16.0. The van der Waals surface area contributed by atoms with Crippen LogP contribution in [0.4, 0.5) is 5.69 Å². The van der Waals surface area contributed by atoms with E-state index >= 15 is 0 Å². The molecule has 0 radical (unpaired) electrons. The van der Waals surface area contributed by atoms with Crippen LogP contribution in [0.15, 0.2) is 59.3 Å². The van der Waals surface area contributed by atoms with Gasteiger partial charge in [0.25, 0.3) is 0 Å². The number of hydrogen-bond donors (Lipinski definition) is 2. The molecule has 2 aromatic carbocycles. The highest BCUT2D eigenvalue weighted by molar-refractivity contribution is 7.08. The molecule has 1 unspecified atom stereocenters. The first-order valence-corrected chi connectivity index (χ1v) is 13.6. The fraction of sp³-hybridized carbons (Fsp3) is 0.357. The van der Waals surface area contributed by atoms with Crippen molar-refractivity contribution >= 4 is 33.8 Å². The molecular formula is C28H30N4O3S. The normalized spacial score (nSPS) is 17.9. The van der Waals surface area contributed by atoms with Gasteiger partial charge in [-0.1, -0.05) is 0 Å². The average molecular weight is 503 g/mol. The van der Waals surface area contributed by atoms with Gasteiger partial charge in [0, 0.05) is 29.5 Å². The van der Waals surface area contributed by atoms with Crippen molar-refractivity contribution in [2.75, 3.05) is 31.6 Å². The highest BCUT2D eigenvalue weighted by Crippen LogP contribution is 2.32. The van der Waals surface area contributed by atoms with Crippen LogP contribution < -0.4 is 10.1 Å². The number of aromatic amines is 1. The van der Waals surface area contributed by atoms with E-state index in [9.17, 15) is 4.79 Å². The molecule has 1 atom stereocenters. The highest BCUT2D eigenvalue weighted by atomic mass is 32.1. The number of nitrogens with zero attached hydrogens (tertiary/aromatic N) is 2. The molecule has 0 aliphatic carbocycles. The molecule has 4 aromatic rings. The van der Waals surface area contributed by atoms with Crippen LogP contribution in [0.1, 0.15) is 37.3 Å². The van der Waals surface area contributed by atoms with E-state index in [0.29, 0.717) is 0 Å². The molecule has 0 spiro atoms. The van der Waals surface area contributed by atoms with Crippen LogP contribution in [0.2, 0.25) is 0 Å².